The van der Waals surface area contributed by atoms with E-state index in [4.69, 9.17) is 5.73 Å². The Morgan fingerprint density at radius 3 is 2.60 bits per heavy atom. The fourth-order valence-corrected chi connectivity index (χ4v) is 2.19. The molecule has 1 aromatic carbocycles. The Balaban J connectivity index is 0.000001000. The Kier molecular flexibility index (Phi) is 5.68. The lowest BCUT2D eigenvalue weighted by Gasteiger charge is -2.14. The van der Waals surface area contributed by atoms with Crippen LogP contribution in [0.5, 0.6) is 0 Å². The largest absolute Gasteiger partial charge is 0.336 e. The lowest BCUT2D eigenvalue weighted by molar-refractivity contribution is 0.0785. The van der Waals surface area contributed by atoms with Gasteiger partial charge in [-0.2, -0.15) is 0 Å². The molecule has 1 amide bonds. The highest BCUT2D eigenvalue weighted by molar-refractivity contribution is 5.94. The topological polar surface area (TPSA) is 72.1 Å². The second-order valence-electron chi connectivity index (χ2n) is 4.54. The van der Waals surface area contributed by atoms with Gasteiger partial charge in [-0.25, -0.2) is 4.98 Å². The minimum atomic E-state index is -0.0822. The number of hydrogen-bond acceptors (Lipinski definition) is 4. The zero-order valence-electron chi connectivity index (χ0n) is 10.7. The Hall–Kier alpha value is -1.43. The maximum Gasteiger partial charge on any atom is 0.274 e. The molecule has 20 heavy (non-hydrogen) atoms. The highest BCUT2D eigenvalue weighted by Crippen LogP contribution is 2.13. The highest BCUT2D eigenvalue weighted by Gasteiger charge is 2.25. The van der Waals surface area contributed by atoms with E-state index in [0.717, 1.165) is 17.5 Å². The van der Waals surface area contributed by atoms with Crippen molar-refractivity contribution in [3.05, 3.63) is 36.2 Å². The molecule has 1 atom stereocenters. The SMILES string of the molecule is Cl.Cl.N[C@@H]1CCN(C(=O)c2cnc3ccccc3n2)C1. The molecule has 7 heteroatoms. The minimum absolute atomic E-state index is 0. The molecule has 2 heterocycles. The second kappa shape index (κ2) is 6.83. The van der Waals surface area contributed by atoms with Gasteiger partial charge < -0.3 is 10.6 Å². The van der Waals surface area contributed by atoms with Gasteiger partial charge in [-0.15, -0.1) is 24.8 Å². The van der Waals surface area contributed by atoms with Crippen LogP contribution in [0.1, 0.15) is 16.9 Å². The molecule has 0 radical (unpaired) electrons. The number of carbonyl (C=O) groups excluding carboxylic acids is 1. The predicted molar refractivity (Wildman–Crippen MR) is 82.5 cm³/mol. The third-order valence-electron chi connectivity index (χ3n) is 3.18. The zero-order valence-corrected chi connectivity index (χ0v) is 12.4. The van der Waals surface area contributed by atoms with Crippen molar-refractivity contribution in [1.82, 2.24) is 14.9 Å². The average Bonchev–Trinajstić information content (AvgIpc) is 2.84. The Morgan fingerprint density at radius 2 is 1.95 bits per heavy atom. The summed E-state index contributed by atoms with van der Waals surface area (Å²) in [5.41, 5.74) is 7.73. The summed E-state index contributed by atoms with van der Waals surface area (Å²) in [5.74, 6) is -0.0822. The number of nitrogens with zero attached hydrogens (tertiary/aromatic N) is 3. The Labute approximate surface area is 129 Å². The number of benzene rings is 1. The summed E-state index contributed by atoms with van der Waals surface area (Å²) < 4.78 is 0. The molecule has 0 bridgehead atoms. The van der Waals surface area contributed by atoms with Gasteiger partial charge >= 0.3 is 0 Å². The number of carbonyl (C=O) groups is 1. The van der Waals surface area contributed by atoms with Gasteiger partial charge in [-0.1, -0.05) is 12.1 Å². The summed E-state index contributed by atoms with van der Waals surface area (Å²) in [7, 11) is 0. The van der Waals surface area contributed by atoms with Crippen LogP contribution in [0.2, 0.25) is 0 Å². The first-order valence-corrected chi connectivity index (χ1v) is 6.01. The van der Waals surface area contributed by atoms with E-state index in [2.05, 4.69) is 9.97 Å². The first-order valence-electron chi connectivity index (χ1n) is 6.01. The maximum atomic E-state index is 12.2. The van der Waals surface area contributed by atoms with Crippen LogP contribution in [0, 0.1) is 0 Å². The smallest absolute Gasteiger partial charge is 0.274 e. The Morgan fingerprint density at radius 1 is 1.25 bits per heavy atom. The molecular weight excluding hydrogens is 299 g/mol. The number of para-hydroxylation sites is 2. The fraction of sp³-hybridized carbons (Fsp3) is 0.308. The normalized spacial score (nSPS) is 17.4. The number of hydrogen-bond donors (Lipinski definition) is 1. The third-order valence-corrected chi connectivity index (χ3v) is 3.18. The van der Waals surface area contributed by atoms with Gasteiger partial charge in [0.05, 0.1) is 17.2 Å². The molecule has 1 saturated heterocycles. The van der Waals surface area contributed by atoms with Crippen molar-refractivity contribution < 1.29 is 4.79 Å². The molecule has 1 fully saturated rings. The van der Waals surface area contributed by atoms with Crippen molar-refractivity contribution in [2.75, 3.05) is 13.1 Å². The molecule has 0 unspecified atom stereocenters. The van der Waals surface area contributed by atoms with Crippen molar-refractivity contribution in [2.45, 2.75) is 12.5 Å². The predicted octanol–water partition coefficient (Wildman–Crippen LogP) is 1.65. The molecule has 1 aromatic heterocycles. The standard InChI is InChI=1S/C13H14N4O.2ClH/c14-9-5-6-17(8-9)13(18)12-7-15-10-3-1-2-4-11(10)16-12;;/h1-4,7,9H,5-6,8,14H2;2*1H/t9-;;/m1../s1. The van der Waals surface area contributed by atoms with Crippen molar-refractivity contribution in [3.8, 4) is 0 Å². The molecular formula is C13H16Cl2N4O. The van der Waals surface area contributed by atoms with E-state index in [-0.39, 0.29) is 36.8 Å². The lowest BCUT2D eigenvalue weighted by Crippen LogP contribution is -2.32. The summed E-state index contributed by atoms with van der Waals surface area (Å²) in [5, 5.41) is 0. The van der Waals surface area contributed by atoms with Crippen LogP contribution in [-0.4, -0.2) is 39.9 Å². The van der Waals surface area contributed by atoms with Crippen LogP contribution in [0.3, 0.4) is 0 Å². The molecule has 0 saturated carbocycles. The van der Waals surface area contributed by atoms with Crippen molar-refractivity contribution in [1.29, 1.82) is 0 Å². The van der Waals surface area contributed by atoms with Gasteiger partial charge in [0.15, 0.2) is 0 Å². The molecule has 2 N–H and O–H groups in total. The number of likely N-dealkylation sites (tertiary alicyclic amines) is 1. The maximum absolute atomic E-state index is 12.2. The Bertz CT molecular complexity index is 608. The monoisotopic (exact) mass is 314 g/mol. The van der Waals surface area contributed by atoms with Crippen LogP contribution in [0.25, 0.3) is 11.0 Å². The molecule has 108 valence electrons. The molecule has 0 spiro atoms. The van der Waals surface area contributed by atoms with Crippen molar-refractivity contribution in [2.24, 2.45) is 5.73 Å². The second-order valence-corrected chi connectivity index (χ2v) is 4.54. The van der Waals surface area contributed by atoms with Crippen LogP contribution in [-0.2, 0) is 0 Å². The summed E-state index contributed by atoms with van der Waals surface area (Å²) in [6.45, 7) is 1.31. The van der Waals surface area contributed by atoms with E-state index < -0.39 is 0 Å². The molecule has 0 aliphatic carbocycles. The highest BCUT2D eigenvalue weighted by atomic mass is 35.5. The van der Waals surface area contributed by atoms with Gasteiger partial charge in [0.1, 0.15) is 5.69 Å². The van der Waals surface area contributed by atoms with Gasteiger partial charge in [0, 0.05) is 19.1 Å². The minimum Gasteiger partial charge on any atom is -0.336 e. The number of nitrogens with two attached hydrogens (primary N) is 1. The first kappa shape index (κ1) is 16.6. The van der Waals surface area contributed by atoms with Crippen molar-refractivity contribution >= 4 is 41.8 Å². The van der Waals surface area contributed by atoms with Crippen molar-refractivity contribution in [3.63, 3.8) is 0 Å². The first-order chi connectivity index (χ1) is 8.74. The van der Waals surface area contributed by atoms with E-state index in [9.17, 15) is 4.79 Å². The van der Waals surface area contributed by atoms with Crippen LogP contribution in [0.4, 0.5) is 0 Å². The zero-order chi connectivity index (χ0) is 12.5. The van der Waals surface area contributed by atoms with E-state index in [1.807, 2.05) is 24.3 Å². The quantitative estimate of drug-likeness (QED) is 0.868. The molecule has 1 aliphatic rings. The van der Waals surface area contributed by atoms with E-state index in [1.165, 1.54) is 6.20 Å². The summed E-state index contributed by atoms with van der Waals surface area (Å²) in [6.07, 6.45) is 2.39. The van der Waals surface area contributed by atoms with E-state index in [0.29, 0.717) is 18.8 Å². The number of rotatable bonds is 1. The number of halogens is 2. The molecule has 1 aliphatic heterocycles. The summed E-state index contributed by atoms with van der Waals surface area (Å²) in [4.78, 5) is 22.5. The lowest BCUT2D eigenvalue weighted by atomic mass is 10.3. The number of amides is 1. The van der Waals surface area contributed by atoms with Gasteiger partial charge in [0.2, 0.25) is 0 Å². The van der Waals surface area contributed by atoms with Crippen LogP contribution in [0.15, 0.2) is 30.5 Å². The van der Waals surface area contributed by atoms with E-state index in [1.54, 1.807) is 4.90 Å². The molecule has 3 rings (SSSR count). The summed E-state index contributed by atoms with van der Waals surface area (Å²) in [6, 6.07) is 7.61. The molecule has 5 nitrogen and oxygen atoms in total. The van der Waals surface area contributed by atoms with Gasteiger partial charge in [0.25, 0.3) is 5.91 Å². The van der Waals surface area contributed by atoms with Crippen LogP contribution < -0.4 is 5.73 Å². The molecule has 2 aromatic rings. The third kappa shape index (κ3) is 3.17. The number of fused-ring (bicyclic) bond motifs is 1. The van der Waals surface area contributed by atoms with Gasteiger partial charge in [-0.05, 0) is 18.6 Å². The average molecular weight is 315 g/mol. The summed E-state index contributed by atoms with van der Waals surface area (Å²) >= 11 is 0. The van der Waals surface area contributed by atoms with Crippen LogP contribution >= 0.6 is 24.8 Å². The number of aromatic nitrogens is 2. The fourth-order valence-electron chi connectivity index (χ4n) is 2.19. The van der Waals surface area contributed by atoms with Gasteiger partial charge in [-0.3, -0.25) is 9.78 Å². The van der Waals surface area contributed by atoms with E-state index >= 15 is 0 Å².